The summed E-state index contributed by atoms with van der Waals surface area (Å²) in [6.45, 7) is 0.203. The summed E-state index contributed by atoms with van der Waals surface area (Å²) in [7, 11) is 0. The molecule has 7 nitrogen and oxygen atoms in total. The summed E-state index contributed by atoms with van der Waals surface area (Å²) in [5.41, 5.74) is 0.863. The van der Waals surface area contributed by atoms with Crippen molar-refractivity contribution >= 4 is 23.7 Å². The van der Waals surface area contributed by atoms with Gasteiger partial charge in [0.25, 0.3) is 0 Å². The molecule has 2 aliphatic rings. The molecule has 0 amide bonds. The van der Waals surface area contributed by atoms with Crippen molar-refractivity contribution in [2.75, 3.05) is 6.61 Å². The van der Waals surface area contributed by atoms with Gasteiger partial charge in [0.05, 0.1) is 17.7 Å². The van der Waals surface area contributed by atoms with E-state index in [1.165, 1.54) is 11.8 Å². The van der Waals surface area contributed by atoms with E-state index in [0.29, 0.717) is 11.1 Å². The number of carbonyl (C=O) groups is 2. The molecule has 0 N–H and O–H groups in total. The number of benzene rings is 4. The molecule has 0 aliphatic carbocycles. The third kappa shape index (κ3) is 6.36. The zero-order valence-electron chi connectivity index (χ0n) is 22.0. The number of esters is 2. The van der Waals surface area contributed by atoms with Crippen molar-refractivity contribution in [2.45, 2.75) is 41.0 Å². The predicted molar refractivity (Wildman–Crippen MR) is 152 cm³/mol. The number of carbonyl (C=O) groups excluding carboxylic acids is 2. The Morgan fingerprint density at radius 1 is 0.634 bits per heavy atom. The first-order valence-corrected chi connectivity index (χ1v) is 14.2. The summed E-state index contributed by atoms with van der Waals surface area (Å²) in [5.74, 6) is -1.10. The van der Waals surface area contributed by atoms with Crippen molar-refractivity contribution in [3.63, 3.8) is 0 Å². The predicted octanol–water partition coefficient (Wildman–Crippen LogP) is 6.07. The van der Waals surface area contributed by atoms with Crippen LogP contribution in [-0.2, 0) is 23.7 Å². The highest BCUT2D eigenvalue weighted by Gasteiger charge is 2.54. The molecule has 0 spiro atoms. The van der Waals surface area contributed by atoms with Crippen LogP contribution in [0.15, 0.2) is 126 Å². The lowest BCUT2D eigenvalue weighted by Gasteiger charge is -2.48. The maximum Gasteiger partial charge on any atom is 0.338 e. The lowest BCUT2D eigenvalue weighted by Crippen LogP contribution is -2.63. The van der Waals surface area contributed by atoms with Crippen molar-refractivity contribution in [1.82, 2.24) is 0 Å². The van der Waals surface area contributed by atoms with Crippen LogP contribution in [0.2, 0.25) is 0 Å². The fourth-order valence-corrected chi connectivity index (χ4v) is 5.97. The van der Waals surface area contributed by atoms with Gasteiger partial charge in [-0.1, -0.05) is 96.7 Å². The van der Waals surface area contributed by atoms with E-state index >= 15 is 0 Å². The third-order valence-electron chi connectivity index (χ3n) is 6.86. The lowest BCUT2D eigenvalue weighted by molar-refractivity contribution is -0.317. The van der Waals surface area contributed by atoms with Crippen LogP contribution in [0.4, 0.5) is 0 Å². The van der Waals surface area contributed by atoms with Gasteiger partial charge in [-0.2, -0.15) is 0 Å². The first-order valence-electron chi connectivity index (χ1n) is 13.4. The lowest BCUT2D eigenvalue weighted by atomic mass is 9.98. The van der Waals surface area contributed by atoms with E-state index in [-0.39, 0.29) is 6.61 Å². The molecule has 4 aromatic rings. The highest BCUT2D eigenvalue weighted by atomic mass is 32.2. The van der Waals surface area contributed by atoms with Crippen LogP contribution in [0.5, 0.6) is 0 Å². The normalized spacial score (nSPS) is 25.5. The maximum absolute atomic E-state index is 13.4. The Morgan fingerprint density at radius 3 is 1.73 bits per heavy atom. The minimum Gasteiger partial charge on any atom is -0.452 e. The number of hydrogen-bond acceptors (Lipinski definition) is 8. The van der Waals surface area contributed by atoms with Crippen LogP contribution in [0, 0.1) is 0 Å². The molecule has 1 unspecified atom stereocenters. The topological polar surface area (TPSA) is 80.3 Å². The molecule has 4 aromatic carbocycles. The van der Waals surface area contributed by atoms with Gasteiger partial charge in [0.15, 0.2) is 18.5 Å². The molecule has 6 atom stereocenters. The van der Waals surface area contributed by atoms with Crippen LogP contribution in [0.25, 0.3) is 0 Å². The zero-order chi connectivity index (χ0) is 28.0. The van der Waals surface area contributed by atoms with Gasteiger partial charge >= 0.3 is 11.9 Å². The van der Waals surface area contributed by atoms with Gasteiger partial charge in [0.1, 0.15) is 17.6 Å². The standard InChI is InChI=1S/C33H28O7S/c34-30(22-13-5-1-6-14-22)38-28-27-26(21-36-32(40-27)24-17-9-3-10-18-24)37-33(41-25-19-11-4-12-20-25)29(28)39-31(35)23-15-7-2-8-16-23/h1-20,26-29,32-33H,21H2/t26-,27-,28+,29+,32?,33-/m1/s1. The van der Waals surface area contributed by atoms with Gasteiger partial charge in [0, 0.05) is 10.5 Å². The van der Waals surface area contributed by atoms with Crippen LogP contribution in [0.3, 0.4) is 0 Å². The van der Waals surface area contributed by atoms with Gasteiger partial charge in [-0.3, -0.25) is 0 Å². The summed E-state index contributed by atoms with van der Waals surface area (Å²) in [5, 5.41) is 0. The van der Waals surface area contributed by atoms with Crippen LogP contribution < -0.4 is 0 Å². The second-order valence-electron chi connectivity index (χ2n) is 9.62. The van der Waals surface area contributed by atoms with Crippen LogP contribution in [-0.4, -0.2) is 48.4 Å². The molecule has 2 fully saturated rings. The Labute approximate surface area is 242 Å². The Bertz CT molecular complexity index is 1440. The number of ether oxygens (including phenoxy) is 5. The average Bonchev–Trinajstić information content (AvgIpc) is 3.04. The molecule has 2 saturated heterocycles. The highest BCUT2D eigenvalue weighted by molar-refractivity contribution is 7.99. The van der Waals surface area contributed by atoms with E-state index in [1.807, 2.05) is 72.8 Å². The maximum atomic E-state index is 13.4. The van der Waals surface area contributed by atoms with Crippen molar-refractivity contribution in [3.05, 3.63) is 138 Å². The molecular weight excluding hydrogens is 540 g/mol. The highest BCUT2D eigenvalue weighted by Crippen LogP contribution is 2.41. The van der Waals surface area contributed by atoms with Crippen molar-refractivity contribution in [1.29, 1.82) is 0 Å². The molecule has 2 aliphatic heterocycles. The van der Waals surface area contributed by atoms with E-state index in [1.54, 1.807) is 48.5 Å². The Kier molecular flexibility index (Phi) is 8.44. The third-order valence-corrected chi connectivity index (χ3v) is 8.01. The largest absolute Gasteiger partial charge is 0.452 e. The fourth-order valence-electron chi connectivity index (χ4n) is 4.85. The molecule has 6 rings (SSSR count). The van der Waals surface area contributed by atoms with Gasteiger partial charge < -0.3 is 23.7 Å². The molecule has 41 heavy (non-hydrogen) atoms. The number of fused-ring (bicyclic) bond motifs is 1. The van der Waals surface area contributed by atoms with Gasteiger partial charge in [0.2, 0.25) is 0 Å². The first-order chi connectivity index (χ1) is 20.2. The fraction of sp³-hybridized carbons (Fsp3) is 0.212. The smallest absolute Gasteiger partial charge is 0.338 e. The van der Waals surface area contributed by atoms with Crippen LogP contribution in [0.1, 0.15) is 32.6 Å². The number of thioether (sulfide) groups is 1. The molecule has 0 saturated carbocycles. The molecule has 0 bridgehead atoms. The molecule has 0 aromatic heterocycles. The Morgan fingerprint density at radius 2 is 1.15 bits per heavy atom. The van der Waals surface area contributed by atoms with Gasteiger partial charge in [-0.25, -0.2) is 9.59 Å². The van der Waals surface area contributed by atoms with Crippen molar-refractivity contribution in [3.8, 4) is 0 Å². The van der Waals surface area contributed by atoms with Gasteiger partial charge in [-0.15, -0.1) is 0 Å². The number of rotatable bonds is 7. The summed E-state index contributed by atoms with van der Waals surface area (Å²) < 4.78 is 31.2. The Hall–Kier alpha value is -3.95. The molecule has 2 heterocycles. The second-order valence-corrected chi connectivity index (χ2v) is 10.8. The molecule has 0 radical (unpaired) electrons. The SMILES string of the molecule is O=C(O[C@@H]1[C@H](OC(=O)c2ccccc2)[C@@H](Sc2ccccc2)O[C@@H]2COC(c3ccccc3)O[C@@H]12)c1ccccc1. The van der Waals surface area contributed by atoms with E-state index in [9.17, 15) is 9.59 Å². The average molecular weight is 569 g/mol. The summed E-state index contributed by atoms with van der Waals surface area (Å²) >= 11 is 1.39. The van der Waals surface area contributed by atoms with Crippen LogP contribution >= 0.6 is 11.8 Å². The zero-order valence-corrected chi connectivity index (χ0v) is 22.8. The first kappa shape index (κ1) is 27.2. The molecular formula is C33H28O7S. The molecule has 8 heteroatoms. The Balaban J connectivity index is 1.36. The second kappa shape index (κ2) is 12.7. The monoisotopic (exact) mass is 568 g/mol. The van der Waals surface area contributed by atoms with Gasteiger partial charge in [-0.05, 0) is 36.4 Å². The van der Waals surface area contributed by atoms with E-state index in [2.05, 4.69) is 0 Å². The number of hydrogen-bond donors (Lipinski definition) is 0. The molecule has 208 valence electrons. The van der Waals surface area contributed by atoms with E-state index in [4.69, 9.17) is 23.7 Å². The minimum atomic E-state index is -0.989. The van der Waals surface area contributed by atoms with Crippen molar-refractivity contribution < 1.29 is 33.3 Å². The van der Waals surface area contributed by atoms with E-state index < -0.39 is 48.1 Å². The summed E-state index contributed by atoms with van der Waals surface area (Å²) in [6.07, 6.45) is -4.01. The minimum absolute atomic E-state index is 0.203. The van der Waals surface area contributed by atoms with Crippen molar-refractivity contribution in [2.24, 2.45) is 0 Å². The summed E-state index contributed by atoms with van der Waals surface area (Å²) in [4.78, 5) is 27.7. The van der Waals surface area contributed by atoms with E-state index in [0.717, 1.165) is 10.5 Å². The quantitative estimate of drug-likeness (QED) is 0.249. The summed E-state index contributed by atoms with van der Waals surface area (Å²) in [6, 6.07) is 36.6.